The van der Waals surface area contributed by atoms with Gasteiger partial charge in [0.15, 0.2) is 5.82 Å². The number of ether oxygens (including phenoxy) is 1. The van der Waals surface area contributed by atoms with Crippen LogP contribution in [0.15, 0.2) is 36.4 Å². The first-order chi connectivity index (χ1) is 11.6. The Balaban J connectivity index is 1.82. The van der Waals surface area contributed by atoms with Crippen LogP contribution in [0, 0.1) is 6.92 Å². The van der Waals surface area contributed by atoms with Crippen molar-refractivity contribution >= 4 is 16.9 Å². The van der Waals surface area contributed by atoms with Crippen molar-refractivity contribution in [2.24, 2.45) is 0 Å². The van der Waals surface area contributed by atoms with E-state index in [1.165, 1.54) is 0 Å². The summed E-state index contributed by atoms with van der Waals surface area (Å²) in [5, 5.41) is 4.46. The van der Waals surface area contributed by atoms with Gasteiger partial charge < -0.3 is 15.0 Å². The van der Waals surface area contributed by atoms with E-state index in [1.807, 2.05) is 37.3 Å². The lowest BCUT2D eigenvalue weighted by Crippen LogP contribution is -2.10. The molecule has 24 heavy (non-hydrogen) atoms. The number of benzene rings is 1. The summed E-state index contributed by atoms with van der Waals surface area (Å²) in [5.41, 5.74) is 2.95. The van der Waals surface area contributed by atoms with E-state index in [2.05, 4.69) is 35.2 Å². The van der Waals surface area contributed by atoms with E-state index < -0.39 is 0 Å². The Morgan fingerprint density at radius 3 is 2.71 bits per heavy atom. The third kappa shape index (κ3) is 3.92. The highest BCUT2D eigenvalue weighted by Gasteiger charge is 2.11. The van der Waals surface area contributed by atoms with Gasteiger partial charge in [0.2, 0.25) is 0 Å². The Hall–Kier alpha value is -2.40. The number of aromatic amines is 1. The van der Waals surface area contributed by atoms with E-state index in [9.17, 15) is 0 Å². The molecule has 0 radical (unpaired) electrons. The number of aryl methyl sites for hydroxylation is 1. The minimum absolute atomic E-state index is 0.271. The summed E-state index contributed by atoms with van der Waals surface area (Å²) < 4.78 is 5.59. The Bertz CT molecular complexity index is 796. The van der Waals surface area contributed by atoms with Crippen LogP contribution in [0.5, 0.6) is 0 Å². The fourth-order valence-corrected chi connectivity index (χ4v) is 2.59. The van der Waals surface area contributed by atoms with E-state index in [0.29, 0.717) is 0 Å². The molecule has 2 N–H and O–H groups in total. The number of anilines is 1. The van der Waals surface area contributed by atoms with Crippen LogP contribution >= 0.6 is 0 Å². The van der Waals surface area contributed by atoms with Crippen LogP contribution in [0.3, 0.4) is 0 Å². The summed E-state index contributed by atoms with van der Waals surface area (Å²) >= 11 is 0. The average Bonchev–Trinajstić information content (AvgIpc) is 2.95. The zero-order valence-electron chi connectivity index (χ0n) is 14.5. The molecule has 0 saturated heterocycles. The van der Waals surface area contributed by atoms with Gasteiger partial charge in [-0.3, -0.25) is 0 Å². The number of nitrogens with zero attached hydrogens (tertiary/aromatic N) is 2. The average molecular weight is 324 g/mol. The molecule has 0 amide bonds. The van der Waals surface area contributed by atoms with Crippen LogP contribution in [-0.2, 0) is 4.74 Å². The van der Waals surface area contributed by atoms with Crippen molar-refractivity contribution < 1.29 is 4.74 Å². The predicted molar refractivity (Wildman–Crippen MR) is 98.3 cm³/mol. The van der Waals surface area contributed by atoms with Gasteiger partial charge in [0.1, 0.15) is 11.5 Å². The first-order valence-electron chi connectivity index (χ1n) is 8.42. The third-order valence-electron chi connectivity index (χ3n) is 3.72. The van der Waals surface area contributed by atoms with Gasteiger partial charge in [0.05, 0.1) is 11.5 Å². The van der Waals surface area contributed by atoms with Gasteiger partial charge in [-0.25, -0.2) is 9.97 Å². The van der Waals surface area contributed by atoms with E-state index in [0.717, 1.165) is 53.5 Å². The highest BCUT2D eigenvalue weighted by Crippen LogP contribution is 2.25. The molecule has 2 heterocycles. The lowest BCUT2D eigenvalue weighted by atomic mass is 10.2. The molecule has 126 valence electrons. The first kappa shape index (κ1) is 16.5. The molecule has 0 unspecified atom stereocenters. The van der Waals surface area contributed by atoms with Gasteiger partial charge in [-0.05, 0) is 33.3 Å². The maximum absolute atomic E-state index is 5.59. The molecule has 3 rings (SSSR count). The second-order valence-electron chi connectivity index (χ2n) is 6.18. The molecule has 3 aromatic rings. The minimum atomic E-state index is 0.271. The standard InChI is InChI=1S/C19H24N4O/c1-13(2)24-11-7-10-20-18-16-12-14(3)21-19(16)23-17(22-18)15-8-5-4-6-9-15/h4-6,8-9,12-13H,7,10-11H2,1-3H3,(H2,20,21,22,23). The zero-order chi connectivity index (χ0) is 16.9. The molecule has 2 aromatic heterocycles. The first-order valence-corrected chi connectivity index (χ1v) is 8.42. The van der Waals surface area contributed by atoms with Gasteiger partial charge in [-0.15, -0.1) is 0 Å². The summed E-state index contributed by atoms with van der Waals surface area (Å²) in [6.07, 6.45) is 1.21. The fourth-order valence-electron chi connectivity index (χ4n) is 2.59. The normalized spacial score (nSPS) is 11.3. The second-order valence-corrected chi connectivity index (χ2v) is 6.18. The molecule has 1 aromatic carbocycles. The van der Waals surface area contributed by atoms with E-state index in [1.54, 1.807) is 0 Å². The van der Waals surface area contributed by atoms with Gasteiger partial charge in [0.25, 0.3) is 0 Å². The van der Waals surface area contributed by atoms with Crippen molar-refractivity contribution in [1.82, 2.24) is 15.0 Å². The molecule has 0 aliphatic rings. The van der Waals surface area contributed by atoms with Crippen LogP contribution in [-0.4, -0.2) is 34.2 Å². The maximum atomic E-state index is 5.59. The van der Waals surface area contributed by atoms with Crippen LogP contribution in [0.25, 0.3) is 22.4 Å². The van der Waals surface area contributed by atoms with Crippen LogP contribution in [0.1, 0.15) is 26.0 Å². The third-order valence-corrected chi connectivity index (χ3v) is 3.72. The molecule has 0 spiro atoms. The summed E-state index contributed by atoms with van der Waals surface area (Å²) in [5.74, 6) is 1.60. The molecule has 0 fully saturated rings. The highest BCUT2D eigenvalue weighted by molar-refractivity contribution is 5.89. The van der Waals surface area contributed by atoms with E-state index in [-0.39, 0.29) is 6.10 Å². The van der Waals surface area contributed by atoms with Gasteiger partial charge >= 0.3 is 0 Å². The molecule has 5 nitrogen and oxygen atoms in total. The van der Waals surface area contributed by atoms with Crippen LogP contribution in [0.2, 0.25) is 0 Å². The number of aromatic nitrogens is 3. The Labute approximate surface area is 142 Å². The monoisotopic (exact) mass is 324 g/mol. The Morgan fingerprint density at radius 2 is 1.96 bits per heavy atom. The highest BCUT2D eigenvalue weighted by atomic mass is 16.5. The van der Waals surface area contributed by atoms with Crippen LogP contribution in [0.4, 0.5) is 5.82 Å². The lowest BCUT2D eigenvalue weighted by Gasteiger charge is -2.10. The number of hydrogen-bond donors (Lipinski definition) is 2. The number of rotatable bonds is 7. The van der Waals surface area contributed by atoms with Crippen molar-refractivity contribution in [2.75, 3.05) is 18.5 Å². The molecule has 0 aliphatic carbocycles. The van der Waals surface area contributed by atoms with Crippen molar-refractivity contribution in [3.8, 4) is 11.4 Å². The van der Waals surface area contributed by atoms with Crippen molar-refractivity contribution in [1.29, 1.82) is 0 Å². The molecular weight excluding hydrogens is 300 g/mol. The van der Waals surface area contributed by atoms with Crippen LogP contribution < -0.4 is 5.32 Å². The van der Waals surface area contributed by atoms with Crippen molar-refractivity contribution in [3.63, 3.8) is 0 Å². The molecular formula is C19H24N4O. The summed E-state index contributed by atoms with van der Waals surface area (Å²) in [6, 6.07) is 12.1. The predicted octanol–water partition coefficient (Wildman–Crippen LogP) is 4.16. The molecule has 0 atom stereocenters. The van der Waals surface area contributed by atoms with E-state index in [4.69, 9.17) is 9.72 Å². The maximum Gasteiger partial charge on any atom is 0.163 e. The number of fused-ring (bicyclic) bond motifs is 1. The Morgan fingerprint density at radius 1 is 1.17 bits per heavy atom. The fraction of sp³-hybridized carbons (Fsp3) is 0.368. The summed E-state index contributed by atoms with van der Waals surface area (Å²) in [7, 11) is 0. The minimum Gasteiger partial charge on any atom is -0.379 e. The lowest BCUT2D eigenvalue weighted by molar-refractivity contribution is 0.0787. The Kier molecular flexibility index (Phi) is 5.11. The number of hydrogen-bond acceptors (Lipinski definition) is 4. The van der Waals surface area contributed by atoms with Gasteiger partial charge in [-0.2, -0.15) is 0 Å². The quantitative estimate of drug-likeness (QED) is 0.641. The van der Waals surface area contributed by atoms with Crippen molar-refractivity contribution in [2.45, 2.75) is 33.3 Å². The largest absolute Gasteiger partial charge is 0.379 e. The van der Waals surface area contributed by atoms with Crippen molar-refractivity contribution in [3.05, 3.63) is 42.1 Å². The summed E-state index contributed by atoms with van der Waals surface area (Å²) in [4.78, 5) is 12.7. The van der Waals surface area contributed by atoms with Gasteiger partial charge in [0, 0.05) is 24.4 Å². The zero-order valence-corrected chi connectivity index (χ0v) is 14.5. The smallest absolute Gasteiger partial charge is 0.163 e. The second kappa shape index (κ2) is 7.45. The summed E-state index contributed by atoms with van der Waals surface area (Å²) in [6.45, 7) is 7.70. The topological polar surface area (TPSA) is 62.8 Å². The molecule has 0 bridgehead atoms. The molecule has 0 aliphatic heterocycles. The molecule has 5 heteroatoms. The molecule has 0 saturated carbocycles. The number of H-pyrrole nitrogens is 1. The number of nitrogens with one attached hydrogen (secondary N) is 2. The van der Waals surface area contributed by atoms with Gasteiger partial charge in [-0.1, -0.05) is 30.3 Å². The SMILES string of the molecule is Cc1cc2c(NCCCOC(C)C)nc(-c3ccccc3)nc2[nH]1. The van der Waals surface area contributed by atoms with E-state index >= 15 is 0 Å².